The highest BCUT2D eigenvalue weighted by atomic mass is 16.5. The van der Waals surface area contributed by atoms with Crippen LogP contribution < -0.4 is 20.7 Å². The summed E-state index contributed by atoms with van der Waals surface area (Å²) < 4.78 is 13.1. The van der Waals surface area contributed by atoms with E-state index in [0.29, 0.717) is 55.1 Å². The van der Waals surface area contributed by atoms with E-state index >= 15 is 0 Å². The Balaban J connectivity index is 1.39. The predicted octanol–water partition coefficient (Wildman–Crippen LogP) is 3.62. The molecule has 4 N–H and O–H groups in total. The van der Waals surface area contributed by atoms with Gasteiger partial charge in [-0.2, -0.15) is 0 Å². The molecule has 2 aromatic carbocycles. The molecule has 3 heterocycles. The second-order valence-corrected chi connectivity index (χ2v) is 9.61. The maximum Gasteiger partial charge on any atom is 0.248 e. The second-order valence-electron chi connectivity index (χ2n) is 9.61. The molecule has 214 valence electrons. The first-order chi connectivity index (χ1) is 20.1. The summed E-state index contributed by atoms with van der Waals surface area (Å²) >= 11 is 0. The normalized spacial score (nSPS) is 13.9. The summed E-state index contributed by atoms with van der Waals surface area (Å²) in [4.78, 5) is 24.2. The molecule has 0 bridgehead atoms. The Hall–Kier alpha value is -4.45. The number of ether oxygens (including phenoxy) is 2. The zero-order valence-electron chi connectivity index (χ0n) is 23.3. The topological polar surface area (TPSA) is 126 Å². The van der Waals surface area contributed by atoms with Gasteiger partial charge in [0.1, 0.15) is 5.75 Å². The molecular weight excluding hydrogens is 522 g/mol. The average Bonchev–Trinajstić information content (AvgIpc) is 3.34. The molecule has 41 heavy (non-hydrogen) atoms. The van der Waals surface area contributed by atoms with Crippen molar-refractivity contribution in [2.75, 3.05) is 69.1 Å². The van der Waals surface area contributed by atoms with Crippen molar-refractivity contribution in [3.63, 3.8) is 0 Å². The number of aliphatic hydroxyl groups excluding tert-OH is 1. The van der Waals surface area contributed by atoms with E-state index in [4.69, 9.17) is 14.5 Å². The molecule has 1 aliphatic rings. The van der Waals surface area contributed by atoms with Crippen molar-refractivity contribution in [3.05, 3.63) is 67.0 Å². The lowest BCUT2D eigenvalue weighted by molar-refractivity contribution is -0.111. The maximum absolute atomic E-state index is 12.8. The van der Waals surface area contributed by atoms with Crippen molar-refractivity contribution in [2.24, 2.45) is 7.05 Å². The highest BCUT2D eigenvalue weighted by Crippen LogP contribution is 2.37. The molecular formula is C30H35N7O4. The minimum Gasteiger partial charge on any atom is -0.494 e. The van der Waals surface area contributed by atoms with Crippen LogP contribution in [0.2, 0.25) is 0 Å². The SMILES string of the molecule is COc1cc(NCCO)c(NC(=O)/C=C/CN2CCOCC2)cc1Nc1nccc(-c2cn(C)c3ccccc23)n1. The number of para-hydroxylation sites is 1. The van der Waals surface area contributed by atoms with Crippen LogP contribution in [0, 0.1) is 0 Å². The molecule has 0 aliphatic carbocycles. The third kappa shape index (κ3) is 6.83. The number of amides is 1. The zero-order chi connectivity index (χ0) is 28.6. The molecule has 5 rings (SSSR count). The zero-order valence-corrected chi connectivity index (χ0v) is 23.3. The molecule has 0 unspecified atom stereocenters. The Morgan fingerprint density at radius 2 is 1.98 bits per heavy atom. The molecule has 11 nitrogen and oxygen atoms in total. The van der Waals surface area contributed by atoms with Crippen molar-refractivity contribution >= 4 is 39.8 Å². The summed E-state index contributed by atoms with van der Waals surface area (Å²) in [6.45, 7) is 4.02. The molecule has 11 heteroatoms. The van der Waals surface area contributed by atoms with Crippen LogP contribution in [0.3, 0.4) is 0 Å². The van der Waals surface area contributed by atoms with Gasteiger partial charge in [0.15, 0.2) is 0 Å². The number of carbonyl (C=O) groups is 1. The van der Waals surface area contributed by atoms with Crippen molar-refractivity contribution in [3.8, 4) is 17.0 Å². The number of benzene rings is 2. The number of methoxy groups -OCH3 is 1. The molecule has 1 aliphatic heterocycles. The van der Waals surface area contributed by atoms with Crippen molar-refractivity contribution in [1.29, 1.82) is 0 Å². The van der Waals surface area contributed by atoms with E-state index < -0.39 is 0 Å². The molecule has 1 fully saturated rings. The fourth-order valence-electron chi connectivity index (χ4n) is 4.79. The minimum atomic E-state index is -0.268. The molecule has 4 aromatic rings. The first-order valence-electron chi connectivity index (χ1n) is 13.5. The van der Waals surface area contributed by atoms with Gasteiger partial charge in [-0.05, 0) is 18.2 Å². The lowest BCUT2D eigenvalue weighted by Gasteiger charge is -2.25. The first kappa shape index (κ1) is 28.1. The van der Waals surface area contributed by atoms with Gasteiger partial charge in [0, 0.05) is 74.2 Å². The number of aryl methyl sites for hydroxylation is 1. The minimum absolute atomic E-state index is 0.0655. The van der Waals surface area contributed by atoms with E-state index in [2.05, 4.69) is 48.7 Å². The second kappa shape index (κ2) is 13.3. The number of aromatic nitrogens is 3. The van der Waals surface area contributed by atoms with Gasteiger partial charge < -0.3 is 35.1 Å². The number of nitrogens with zero attached hydrogens (tertiary/aromatic N) is 4. The Bertz CT molecular complexity index is 1530. The number of nitrogens with one attached hydrogen (secondary N) is 3. The lowest BCUT2D eigenvalue weighted by Crippen LogP contribution is -2.36. The van der Waals surface area contributed by atoms with E-state index in [1.165, 1.54) is 6.08 Å². The van der Waals surface area contributed by atoms with Gasteiger partial charge in [0.2, 0.25) is 11.9 Å². The fraction of sp³-hybridized carbons (Fsp3) is 0.300. The number of carbonyl (C=O) groups excluding carboxylic acids is 1. The average molecular weight is 558 g/mol. The van der Waals surface area contributed by atoms with Crippen LogP contribution in [-0.4, -0.2) is 83.6 Å². The van der Waals surface area contributed by atoms with E-state index in [1.54, 1.807) is 25.4 Å². The monoisotopic (exact) mass is 557 g/mol. The number of hydrogen-bond donors (Lipinski definition) is 4. The Morgan fingerprint density at radius 1 is 1.15 bits per heavy atom. The Labute approximate surface area is 238 Å². The molecule has 1 saturated heterocycles. The molecule has 0 atom stereocenters. The van der Waals surface area contributed by atoms with Crippen molar-refractivity contribution in [2.45, 2.75) is 0 Å². The van der Waals surface area contributed by atoms with Gasteiger partial charge in [0.25, 0.3) is 0 Å². The molecule has 0 saturated carbocycles. The third-order valence-corrected chi connectivity index (χ3v) is 6.84. The van der Waals surface area contributed by atoms with Crippen LogP contribution in [0.5, 0.6) is 5.75 Å². The van der Waals surface area contributed by atoms with Crippen LogP contribution in [-0.2, 0) is 16.6 Å². The molecule has 0 spiro atoms. The van der Waals surface area contributed by atoms with E-state index in [-0.39, 0.29) is 12.5 Å². The van der Waals surface area contributed by atoms with E-state index in [0.717, 1.165) is 35.2 Å². The number of fused-ring (bicyclic) bond motifs is 1. The van der Waals surface area contributed by atoms with Crippen molar-refractivity contribution < 1.29 is 19.4 Å². The van der Waals surface area contributed by atoms with Crippen LogP contribution in [0.1, 0.15) is 0 Å². The van der Waals surface area contributed by atoms with Gasteiger partial charge in [-0.15, -0.1) is 0 Å². The molecule has 0 radical (unpaired) electrons. The first-order valence-corrected chi connectivity index (χ1v) is 13.5. The Kier molecular flexibility index (Phi) is 9.09. The fourth-order valence-corrected chi connectivity index (χ4v) is 4.79. The van der Waals surface area contributed by atoms with E-state index in [9.17, 15) is 9.90 Å². The van der Waals surface area contributed by atoms with Crippen LogP contribution in [0.4, 0.5) is 23.0 Å². The number of hydrogen-bond acceptors (Lipinski definition) is 9. The van der Waals surface area contributed by atoms with Gasteiger partial charge in [-0.1, -0.05) is 24.3 Å². The summed E-state index contributed by atoms with van der Waals surface area (Å²) in [5, 5.41) is 19.8. The van der Waals surface area contributed by atoms with Crippen LogP contribution in [0.25, 0.3) is 22.2 Å². The molecule has 1 amide bonds. The maximum atomic E-state index is 12.8. The van der Waals surface area contributed by atoms with Crippen LogP contribution >= 0.6 is 0 Å². The van der Waals surface area contributed by atoms with Gasteiger partial charge >= 0.3 is 0 Å². The largest absolute Gasteiger partial charge is 0.494 e. The lowest BCUT2D eigenvalue weighted by atomic mass is 10.1. The summed E-state index contributed by atoms with van der Waals surface area (Å²) in [5.74, 6) is 0.633. The summed E-state index contributed by atoms with van der Waals surface area (Å²) in [6, 6.07) is 13.6. The predicted molar refractivity (Wildman–Crippen MR) is 161 cm³/mol. The van der Waals surface area contributed by atoms with E-state index in [1.807, 2.05) is 31.3 Å². The number of rotatable bonds is 11. The van der Waals surface area contributed by atoms with Crippen LogP contribution in [0.15, 0.2) is 67.0 Å². The summed E-state index contributed by atoms with van der Waals surface area (Å²) in [6.07, 6.45) is 7.13. The quantitative estimate of drug-likeness (QED) is 0.205. The van der Waals surface area contributed by atoms with Gasteiger partial charge in [-0.3, -0.25) is 9.69 Å². The highest BCUT2D eigenvalue weighted by molar-refractivity contribution is 6.02. The van der Waals surface area contributed by atoms with Crippen molar-refractivity contribution in [1.82, 2.24) is 19.4 Å². The molecule has 2 aromatic heterocycles. The number of morpholine rings is 1. The third-order valence-electron chi connectivity index (χ3n) is 6.84. The number of anilines is 4. The summed E-state index contributed by atoms with van der Waals surface area (Å²) in [5.41, 5.74) is 4.60. The number of aliphatic hydroxyl groups is 1. The highest BCUT2D eigenvalue weighted by Gasteiger charge is 2.15. The van der Waals surface area contributed by atoms with Gasteiger partial charge in [-0.25, -0.2) is 9.97 Å². The smallest absolute Gasteiger partial charge is 0.248 e. The Morgan fingerprint density at radius 3 is 2.78 bits per heavy atom. The van der Waals surface area contributed by atoms with Gasteiger partial charge in [0.05, 0.1) is 49.7 Å². The standard InChI is InChI=1S/C30H35N7O4/c1-36-20-22(21-6-3-4-7-27(21)36)23-9-10-32-30(34-23)35-26-18-25(24(31-11-15-38)19-28(26)40-2)33-29(39)8-5-12-37-13-16-41-17-14-37/h3-10,18-20,31,38H,11-17H2,1-2H3,(H,33,39)(H,32,34,35)/b8-5+. The summed E-state index contributed by atoms with van der Waals surface area (Å²) in [7, 11) is 3.58.